The van der Waals surface area contributed by atoms with Gasteiger partial charge in [-0.1, -0.05) is 36.8 Å². The van der Waals surface area contributed by atoms with Gasteiger partial charge in [-0.05, 0) is 72.9 Å². The Bertz CT molecular complexity index is 1010. The van der Waals surface area contributed by atoms with Crippen molar-refractivity contribution < 1.29 is 13.9 Å². The minimum atomic E-state index is -1.01. The molecule has 0 aromatic heterocycles. The first-order chi connectivity index (χ1) is 16.5. The molecule has 5 nitrogen and oxygen atoms in total. The van der Waals surface area contributed by atoms with Crippen LogP contribution in [0.4, 0.5) is 4.39 Å². The van der Waals surface area contributed by atoms with Gasteiger partial charge in [0.1, 0.15) is 11.9 Å². The number of carbonyl (C=O) groups is 1. The Labute approximate surface area is 201 Å². The summed E-state index contributed by atoms with van der Waals surface area (Å²) >= 11 is 0. The SMILES string of the molecule is C[C@H](NC(=O)C1CCC[C@@H]1N)c1ccc(CN2Cc3ccc(OCC4CC4)cc3C(F)C2)cc1. The van der Waals surface area contributed by atoms with E-state index >= 15 is 4.39 Å². The first-order valence-electron chi connectivity index (χ1n) is 12.7. The first-order valence-corrected chi connectivity index (χ1v) is 12.7. The van der Waals surface area contributed by atoms with Gasteiger partial charge < -0.3 is 15.8 Å². The Hall–Kier alpha value is -2.44. The Morgan fingerprint density at radius 3 is 2.68 bits per heavy atom. The van der Waals surface area contributed by atoms with Gasteiger partial charge in [-0.2, -0.15) is 0 Å². The highest BCUT2D eigenvalue weighted by Gasteiger charge is 2.31. The number of carbonyl (C=O) groups excluding carboxylic acids is 1. The molecule has 1 heterocycles. The number of hydrogen-bond acceptors (Lipinski definition) is 4. The smallest absolute Gasteiger partial charge is 0.225 e. The number of amides is 1. The lowest BCUT2D eigenvalue weighted by Crippen LogP contribution is -2.39. The molecule has 0 radical (unpaired) electrons. The van der Waals surface area contributed by atoms with E-state index in [4.69, 9.17) is 10.5 Å². The summed E-state index contributed by atoms with van der Waals surface area (Å²) in [6, 6.07) is 14.1. The molecule has 2 aromatic rings. The zero-order chi connectivity index (χ0) is 23.7. The number of hydrogen-bond donors (Lipinski definition) is 2. The zero-order valence-electron chi connectivity index (χ0n) is 20.0. The van der Waals surface area contributed by atoms with Gasteiger partial charge in [0, 0.05) is 25.7 Å². The second kappa shape index (κ2) is 10.0. The Kier molecular flexibility index (Phi) is 6.89. The lowest BCUT2D eigenvalue weighted by atomic mass is 9.97. The van der Waals surface area contributed by atoms with E-state index in [1.807, 2.05) is 25.1 Å². The molecule has 2 aliphatic carbocycles. The second-order valence-electron chi connectivity index (χ2n) is 10.4. The van der Waals surface area contributed by atoms with Gasteiger partial charge in [-0.3, -0.25) is 9.69 Å². The summed E-state index contributed by atoms with van der Waals surface area (Å²) < 4.78 is 20.9. The summed E-state index contributed by atoms with van der Waals surface area (Å²) in [4.78, 5) is 14.7. The maximum atomic E-state index is 15.0. The highest BCUT2D eigenvalue weighted by atomic mass is 19.1. The van der Waals surface area contributed by atoms with Gasteiger partial charge in [0.15, 0.2) is 0 Å². The summed E-state index contributed by atoms with van der Waals surface area (Å²) in [5, 5.41) is 3.12. The summed E-state index contributed by atoms with van der Waals surface area (Å²) in [5.41, 5.74) is 10.1. The molecule has 2 fully saturated rings. The fourth-order valence-electron chi connectivity index (χ4n) is 5.24. The average Bonchev–Trinajstić information content (AvgIpc) is 3.56. The monoisotopic (exact) mass is 465 g/mol. The molecule has 2 saturated carbocycles. The molecule has 2 aromatic carbocycles. The summed E-state index contributed by atoms with van der Waals surface area (Å²) in [6.07, 6.45) is 4.31. The van der Waals surface area contributed by atoms with E-state index in [9.17, 15) is 4.79 Å². The quantitative estimate of drug-likeness (QED) is 0.587. The molecule has 0 bridgehead atoms. The van der Waals surface area contributed by atoms with Gasteiger partial charge in [0.2, 0.25) is 5.91 Å². The highest BCUT2D eigenvalue weighted by Crippen LogP contribution is 2.34. The van der Waals surface area contributed by atoms with Crippen LogP contribution in [0.25, 0.3) is 0 Å². The Balaban J connectivity index is 1.16. The van der Waals surface area contributed by atoms with Crippen molar-refractivity contribution in [2.24, 2.45) is 17.6 Å². The molecule has 1 amide bonds. The maximum absolute atomic E-state index is 15.0. The minimum absolute atomic E-state index is 0.0227. The Morgan fingerprint density at radius 2 is 1.97 bits per heavy atom. The van der Waals surface area contributed by atoms with E-state index in [1.54, 1.807) is 0 Å². The number of nitrogens with two attached hydrogens (primary N) is 1. The third-order valence-corrected chi connectivity index (χ3v) is 7.60. The van der Waals surface area contributed by atoms with Crippen LogP contribution in [-0.2, 0) is 17.9 Å². The molecule has 5 rings (SSSR count). The van der Waals surface area contributed by atoms with Crippen molar-refractivity contribution in [3.8, 4) is 5.75 Å². The van der Waals surface area contributed by atoms with Crippen LogP contribution < -0.4 is 15.8 Å². The van der Waals surface area contributed by atoms with E-state index in [0.717, 1.165) is 60.4 Å². The van der Waals surface area contributed by atoms with Crippen molar-refractivity contribution in [2.75, 3.05) is 13.2 Å². The second-order valence-corrected chi connectivity index (χ2v) is 10.4. The van der Waals surface area contributed by atoms with E-state index in [-0.39, 0.29) is 23.9 Å². The zero-order valence-corrected chi connectivity index (χ0v) is 20.0. The third-order valence-electron chi connectivity index (χ3n) is 7.60. The number of nitrogens with zero attached hydrogens (tertiary/aromatic N) is 1. The number of ether oxygens (including phenoxy) is 1. The van der Waals surface area contributed by atoms with Gasteiger partial charge in [0.05, 0.1) is 18.6 Å². The molecule has 0 saturated heterocycles. The molecular weight excluding hydrogens is 429 g/mol. The molecular formula is C28H36FN3O2. The van der Waals surface area contributed by atoms with Crippen LogP contribution in [0.3, 0.4) is 0 Å². The van der Waals surface area contributed by atoms with E-state index in [1.165, 1.54) is 12.8 Å². The topological polar surface area (TPSA) is 67.6 Å². The van der Waals surface area contributed by atoms with E-state index in [2.05, 4.69) is 34.5 Å². The number of rotatable bonds is 8. The molecule has 182 valence electrons. The number of alkyl halides is 1. The molecule has 3 aliphatic rings. The lowest BCUT2D eigenvalue weighted by molar-refractivity contribution is -0.125. The van der Waals surface area contributed by atoms with Gasteiger partial charge in [0.25, 0.3) is 0 Å². The minimum Gasteiger partial charge on any atom is -0.493 e. The van der Waals surface area contributed by atoms with Gasteiger partial charge in [-0.25, -0.2) is 4.39 Å². The molecule has 4 atom stereocenters. The molecule has 1 aliphatic heterocycles. The number of halogens is 1. The van der Waals surface area contributed by atoms with Crippen molar-refractivity contribution in [1.82, 2.24) is 10.2 Å². The van der Waals surface area contributed by atoms with Crippen LogP contribution in [-0.4, -0.2) is 30.0 Å². The largest absolute Gasteiger partial charge is 0.493 e. The van der Waals surface area contributed by atoms with Crippen LogP contribution in [0.5, 0.6) is 5.75 Å². The van der Waals surface area contributed by atoms with Crippen molar-refractivity contribution >= 4 is 5.91 Å². The number of fused-ring (bicyclic) bond motifs is 1. The maximum Gasteiger partial charge on any atom is 0.225 e. The fraction of sp³-hybridized carbons (Fsp3) is 0.536. The van der Waals surface area contributed by atoms with Crippen molar-refractivity contribution in [2.45, 2.75) is 70.4 Å². The standard InChI is InChI=1S/C28H36FN3O2/c1-18(31-28(33)24-3-2-4-27(24)30)21-9-7-19(8-10-21)14-32-15-22-11-12-23(34-17-20-5-6-20)13-25(22)26(29)16-32/h7-13,18,20,24,26-27H,2-6,14-17,30H2,1H3,(H,31,33)/t18-,24?,26?,27-/m0/s1. The van der Waals surface area contributed by atoms with Gasteiger partial charge >= 0.3 is 0 Å². The molecule has 3 N–H and O–H groups in total. The predicted octanol–water partition coefficient (Wildman–Crippen LogP) is 4.81. The Morgan fingerprint density at radius 1 is 1.18 bits per heavy atom. The summed E-state index contributed by atoms with van der Waals surface area (Å²) in [6.45, 7) is 4.56. The molecule has 0 spiro atoms. The molecule has 34 heavy (non-hydrogen) atoms. The van der Waals surface area contributed by atoms with Crippen LogP contribution in [0.2, 0.25) is 0 Å². The highest BCUT2D eigenvalue weighted by molar-refractivity contribution is 5.80. The lowest BCUT2D eigenvalue weighted by Gasteiger charge is -2.31. The van der Waals surface area contributed by atoms with E-state index < -0.39 is 6.17 Å². The van der Waals surface area contributed by atoms with Crippen LogP contribution in [0.1, 0.15) is 73.5 Å². The van der Waals surface area contributed by atoms with Crippen LogP contribution in [0, 0.1) is 11.8 Å². The van der Waals surface area contributed by atoms with Crippen LogP contribution in [0.15, 0.2) is 42.5 Å². The molecule has 6 heteroatoms. The summed E-state index contributed by atoms with van der Waals surface area (Å²) in [7, 11) is 0. The molecule has 2 unspecified atom stereocenters. The number of nitrogens with one attached hydrogen (secondary N) is 1. The van der Waals surface area contributed by atoms with Crippen molar-refractivity contribution in [1.29, 1.82) is 0 Å². The van der Waals surface area contributed by atoms with E-state index in [0.29, 0.717) is 19.0 Å². The average molecular weight is 466 g/mol. The third kappa shape index (κ3) is 5.44. The number of benzene rings is 2. The normalized spacial score (nSPS) is 25.6. The first kappa shape index (κ1) is 23.3. The van der Waals surface area contributed by atoms with Crippen molar-refractivity contribution in [3.05, 3.63) is 64.7 Å². The predicted molar refractivity (Wildman–Crippen MR) is 131 cm³/mol. The fourth-order valence-corrected chi connectivity index (χ4v) is 5.24. The van der Waals surface area contributed by atoms with Crippen molar-refractivity contribution in [3.63, 3.8) is 0 Å². The van der Waals surface area contributed by atoms with Crippen LogP contribution >= 0.6 is 0 Å². The van der Waals surface area contributed by atoms with Gasteiger partial charge in [-0.15, -0.1) is 0 Å². The summed E-state index contributed by atoms with van der Waals surface area (Å²) in [5.74, 6) is 1.46.